The van der Waals surface area contributed by atoms with E-state index in [1.165, 1.54) is 11.8 Å². The second kappa shape index (κ2) is 11.7. The highest BCUT2D eigenvalue weighted by atomic mass is 35.5. The van der Waals surface area contributed by atoms with Crippen LogP contribution in [0.3, 0.4) is 0 Å². The van der Waals surface area contributed by atoms with Gasteiger partial charge in [0, 0.05) is 17.8 Å². The molecule has 34 heavy (non-hydrogen) atoms. The van der Waals surface area contributed by atoms with Gasteiger partial charge in [0.25, 0.3) is 5.91 Å². The first-order valence-corrected chi connectivity index (χ1v) is 12.5. The predicted molar refractivity (Wildman–Crippen MR) is 138 cm³/mol. The van der Waals surface area contributed by atoms with Crippen molar-refractivity contribution in [2.24, 2.45) is 13.0 Å². The van der Waals surface area contributed by atoms with Crippen molar-refractivity contribution < 1.29 is 9.59 Å². The van der Waals surface area contributed by atoms with Crippen LogP contribution in [0.5, 0.6) is 0 Å². The van der Waals surface area contributed by atoms with E-state index in [4.69, 9.17) is 23.2 Å². The number of nitrogens with one attached hydrogen (secondary N) is 2. The summed E-state index contributed by atoms with van der Waals surface area (Å²) in [6.45, 7) is 6.00. The molecule has 180 valence electrons. The lowest BCUT2D eigenvalue weighted by Gasteiger charge is -2.20. The minimum absolute atomic E-state index is 0.152. The van der Waals surface area contributed by atoms with Gasteiger partial charge in [0.15, 0.2) is 11.0 Å². The lowest BCUT2D eigenvalue weighted by molar-refractivity contribution is -0.113. The second-order valence-electron chi connectivity index (χ2n) is 8.28. The summed E-state index contributed by atoms with van der Waals surface area (Å²) in [6, 6.07) is 11.9. The van der Waals surface area contributed by atoms with Gasteiger partial charge in [0.2, 0.25) is 5.91 Å². The van der Waals surface area contributed by atoms with Gasteiger partial charge in [0.05, 0.1) is 22.4 Å². The summed E-state index contributed by atoms with van der Waals surface area (Å²) in [6.07, 6.45) is 0.668. The molecule has 0 aliphatic heterocycles. The molecule has 2 amide bonds. The van der Waals surface area contributed by atoms with E-state index in [-0.39, 0.29) is 23.6 Å². The maximum Gasteiger partial charge on any atom is 0.253 e. The summed E-state index contributed by atoms with van der Waals surface area (Å²) in [5.74, 6) is 0.618. The molecule has 0 bridgehead atoms. The molecular formula is C24H27Cl2N5O2S. The van der Waals surface area contributed by atoms with E-state index in [9.17, 15) is 9.59 Å². The van der Waals surface area contributed by atoms with Crippen LogP contribution >= 0.6 is 35.0 Å². The van der Waals surface area contributed by atoms with Crippen molar-refractivity contribution in [1.29, 1.82) is 0 Å². The molecule has 0 aliphatic rings. The molecule has 1 aromatic heterocycles. The summed E-state index contributed by atoms with van der Waals surface area (Å²) in [4.78, 5) is 25.3. The average molecular weight is 520 g/mol. The van der Waals surface area contributed by atoms with E-state index in [2.05, 4.69) is 34.7 Å². The van der Waals surface area contributed by atoms with Gasteiger partial charge in [-0.3, -0.25) is 9.59 Å². The van der Waals surface area contributed by atoms with Crippen LogP contribution in [0.15, 0.2) is 47.6 Å². The van der Waals surface area contributed by atoms with Gasteiger partial charge in [-0.15, -0.1) is 10.2 Å². The van der Waals surface area contributed by atoms with Crippen LogP contribution in [0, 0.1) is 12.8 Å². The molecular weight excluding hydrogens is 493 g/mol. The van der Waals surface area contributed by atoms with Crippen molar-refractivity contribution in [2.45, 2.75) is 38.4 Å². The Morgan fingerprint density at radius 1 is 1.06 bits per heavy atom. The van der Waals surface area contributed by atoms with Gasteiger partial charge in [-0.25, -0.2) is 0 Å². The Bertz CT molecular complexity index is 1180. The summed E-state index contributed by atoms with van der Waals surface area (Å²) in [5.41, 5.74) is 1.90. The van der Waals surface area contributed by atoms with E-state index < -0.39 is 0 Å². The fraction of sp³-hybridized carbons (Fsp3) is 0.333. The fourth-order valence-electron chi connectivity index (χ4n) is 3.40. The third-order valence-corrected chi connectivity index (χ3v) is 6.94. The third kappa shape index (κ3) is 6.52. The van der Waals surface area contributed by atoms with E-state index in [0.29, 0.717) is 44.6 Å². The van der Waals surface area contributed by atoms with Crippen LogP contribution in [-0.2, 0) is 11.8 Å². The van der Waals surface area contributed by atoms with Gasteiger partial charge in [-0.2, -0.15) is 0 Å². The monoisotopic (exact) mass is 519 g/mol. The maximum absolute atomic E-state index is 12.9. The van der Waals surface area contributed by atoms with Crippen LogP contribution < -0.4 is 10.6 Å². The molecule has 7 nitrogen and oxygen atoms in total. The second-order valence-corrected chi connectivity index (χ2v) is 10.0. The van der Waals surface area contributed by atoms with Gasteiger partial charge in [-0.05, 0) is 49.1 Å². The summed E-state index contributed by atoms with van der Waals surface area (Å²) >= 11 is 13.6. The fourth-order valence-corrected chi connectivity index (χ4v) is 4.51. The lowest BCUT2D eigenvalue weighted by atomic mass is 10.0. The van der Waals surface area contributed by atoms with E-state index in [1.807, 2.05) is 24.6 Å². The highest BCUT2D eigenvalue weighted by Crippen LogP contribution is 2.26. The molecule has 1 heterocycles. The number of aromatic nitrogens is 3. The summed E-state index contributed by atoms with van der Waals surface area (Å²) in [7, 11) is 1.83. The first-order valence-electron chi connectivity index (χ1n) is 10.8. The molecule has 2 N–H and O–H groups in total. The van der Waals surface area contributed by atoms with E-state index in [0.717, 1.165) is 5.56 Å². The SMILES string of the molecule is Cc1c(Cl)cccc1NC(=O)CSc1nnc([C@H](CC(C)C)NC(=O)c2ccccc2Cl)n1C. The lowest BCUT2D eigenvalue weighted by Crippen LogP contribution is -2.31. The largest absolute Gasteiger partial charge is 0.342 e. The molecule has 10 heteroatoms. The zero-order chi connectivity index (χ0) is 24.8. The van der Waals surface area contributed by atoms with E-state index >= 15 is 0 Å². The molecule has 2 aromatic carbocycles. The van der Waals surface area contributed by atoms with Gasteiger partial charge < -0.3 is 15.2 Å². The zero-order valence-corrected chi connectivity index (χ0v) is 21.8. The number of rotatable bonds is 9. The molecule has 3 rings (SSSR count). The van der Waals surface area contributed by atoms with Crippen molar-refractivity contribution >= 4 is 52.5 Å². The van der Waals surface area contributed by atoms with Crippen molar-refractivity contribution in [1.82, 2.24) is 20.1 Å². The quantitative estimate of drug-likeness (QED) is 0.355. The maximum atomic E-state index is 12.9. The molecule has 0 fully saturated rings. The number of hydrogen-bond donors (Lipinski definition) is 2. The molecule has 0 unspecified atom stereocenters. The Morgan fingerprint density at radius 3 is 2.47 bits per heavy atom. The Hall–Kier alpha value is -2.55. The van der Waals surface area contributed by atoms with Gasteiger partial charge in [-0.1, -0.05) is 67.0 Å². The normalized spacial score (nSPS) is 12.0. The number of carbonyl (C=O) groups excluding carboxylic acids is 2. The first kappa shape index (κ1) is 26.1. The Kier molecular flexibility index (Phi) is 8.99. The van der Waals surface area contributed by atoms with Crippen LogP contribution in [0.4, 0.5) is 5.69 Å². The van der Waals surface area contributed by atoms with Crippen molar-refractivity contribution in [3.63, 3.8) is 0 Å². The molecule has 0 spiro atoms. The van der Waals surface area contributed by atoms with E-state index in [1.54, 1.807) is 36.4 Å². The third-order valence-electron chi connectivity index (χ3n) is 5.19. The number of amides is 2. The van der Waals surface area contributed by atoms with Crippen LogP contribution in [0.25, 0.3) is 0 Å². The standard InChI is InChI=1S/C24H27Cl2N5O2S/c1-14(2)12-20(28-23(33)16-8-5-6-9-18(16)26)22-29-30-24(31(22)4)34-13-21(32)27-19-11-7-10-17(25)15(19)3/h5-11,14,20H,12-13H2,1-4H3,(H,27,32)(H,28,33)/t20-/m0/s1. The average Bonchev–Trinajstić information content (AvgIpc) is 3.15. The number of halogens is 2. The number of carbonyl (C=O) groups is 2. The minimum Gasteiger partial charge on any atom is -0.342 e. The van der Waals surface area contributed by atoms with Gasteiger partial charge in [0.1, 0.15) is 0 Å². The predicted octanol–water partition coefficient (Wildman–Crippen LogP) is 5.68. The molecule has 3 aromatic rings. The van der Waals surface area contributed by atoms with Crippen molar-refractivity contribution in [3.05, 3.63) is 69.5 Å². The zero-order valence-electron chi connectivity index (χ0n) is 19.4. The Morgan fingerprint density at radius 2 is 1.76 bits per heavy atom. The number of benzene rings is 2. The van der Waals surface area contributed by atoms with Crippen LogP contribution in [-0.4, -0.2) is 32.3 Å². The number of anilines is 1. The summed E-state index contributed by atoms with van der Waals surface area (Å²) < 4.78 is 1.81. The number of nitrogens with zero attached hydrogens (tertiary/aromatic N) is 3. The highest BCUT2D eigenvalue weighted by Gasteiger charge is 2.24. The highest BCUT2D eigenvalue weighted by molar-refractivity contribution is 7.99. The molecule has 0 aliphatic carbocycles. The minimum atomic E-state index is -0.362. The first-order chi connectivity index (χ1) is 16.2. The smallest absolute Gasteiger partial charge is 0.253 e. The van der Waals surface area contributed by atoms with Crippen molar-refractivity contribution in [2.75, 3.05) is 11.1 Å². The molecule has 0 saturated carbocycles. The number of hydrogen-bond acceptors (Lipinski definition) is 5. The molecule has 0 saturated heterocycles. The molecule has 1 atom stereocenters. The van der Waals surface area contributed by atoms with Crippen molar-refractivity contribution in [3.8, 4) is 0 Å². The number of thioether (sulfide) groups is 1. The van der Waals surface area contributed by atoms with Gasteiger partial charge >= 0.3 is 0 Å². The topological polar surface area (TPSA) is 88.9 Å². The van der Waals surface area contributed by atoms with Crippen LogP contribution in [0.1, 0.15) is 48.1 Å². The Balaban J connectivity index is 1.70. The van der Waals surface area contributed by atoms with Crippen LogP contribution in [0.2, 0.25) is 10.0 Å². The molecule has 0 radical (unpaired) electrons. The Labute approximate surface area is 213 Å². The summed E-state index contributed by atoms with van der Waals surface area (Å²) in [5, 5.41) is 16.0.